The molecule has 3 aromatic rings. The van der Waals surface area contributed by atoms with Crippen molar-refractivity contribution in [1.82, 2.24) is 5.32 Å². The number of carbonyl (C=O) groups is 1. The Labute approximate surface area is 193 Å². The normalized spacial score (nSPS) is 12.1. The van der Waals surface area contributed by atoms with E-state index in [-0.39, 0.29) is 10.7 Å². The third-order valence-corrected chi connectivity index (χ3v) is 6.40. The second-order valence-electron chi connectivity index (χ2n) is 7.41. The van der Waals surface area contributed by atoms with Crippen molar-refractivity contribution in [3.63, 3.8) is 0 Å². The predicted octanol–water partition coefficient (Wildman–Crippen LogP) is 4.33. The van der Waals surface area contributed by atoms with Gasteiger partial charge in [-0.3, -0.25) is 9.10 Å². The Bertz CT molecular complexity index is 1180. The molecule has 0 aliphatic heterocycles. The van der Waals surface area contributed by atoms with Crippen molar-refractivity contribution in [2.24, 2.45) is 0 Å². The first-order chi connectivity index (χ1) is 15.2. The zero-order valence-corrected chi connectivity index (χ0v) is 19.7. The molecule has 0 heterocycles. The van der Waals surface area contributed by atoms with Crippen molar-refractivity contribution in [2.75, 3.05) is 24.2 Å². The predicted molar refractivity (Wildman–Crippen MR) is 128 cm³/mol. The molecule has 0 saturated carbocycles. The van der Waals surface area contributed by atoms with Crippen LogP contribution in [0.25, 0.3) is 0 Å². The lowest BCUT2D eigenvalue weighted by atomic mass is 9.98. The molecule has 0 radical (unpaired) electrons. The summed E-state index contributed by atoms with van der Waals surface area (Å²) in [6.45, 7) is 1.60. The maximum Gasteiger partial charge on any atom is 0.241 e. The van der Waals surface area contributed by atoms with E-state index in [1.165, 1.54) is 13.2 Å². The quantitative estimate of drug-likeness (QED) is 0.529. The molecule has 0 aliphatic rings. The van der Waals surface area contributed by atoms with E-state index in [2.05, 4.69) is 5.32 Å². The summed E-state index contributed by atoms with van der Waals surface area (Å²) in [6, 6.07) is 21.5. The molecule has 32 heavy (non-hydrogen) atoms. The number of rotatable bonds is 8. The number of amides is 1. The van der Waals surface area contributed by atoms with Crippen LogP contribution in [0.3, 0.4) is 0 Å². The van der Waals surface area contributed by atoms with Crippen molar-refractivity contribution in [2.45, 2.75) is 13.0 Å². The Morgan fingerprint density at radius 2 is 1.66 bits per heavy atom. The minimum Gasteiger partial charge on any atom is -0.495 e. The topological polar surface area (TPSA) is 75.7 Å². The van der Waals surface area contributed by atoms with E-state index in [4.69, 9.17) is 16.3 Å². The number of methoxy groups -OCH3 is 1. The van der Waals surface area contributed by atoms with Gasteiger partial charge in [-0.2, -0.15) is 0 Å². The average Bonchev–Trinajstić information content (AvgIpc) is 2.76. The molecule has 0 aromatic heterocycles. The fraction of sp³-hybridized carbons (Fsp3) is 0.208. The number of anilines is 1. The van der Waals surface area contributed by atoms with Crippen LogP contribution < -0.4 is 14.4 Å². The summed E-state index contributed by atoms with van der Waals surface area (Å²) in [6.07, 6.45) is 1.05. The molecule has 0 fully saturated rings. The third kappa shape index (κ3) is 5.81. The van der Waals surface area contributed by atoms with Gasteiger partial charge in [-0.25, -0.2) is 8.42 Å². The number of sulfonamides is 1. The molecule has 168 valence electrons. The molecule has 0 spiro atoms. The highest BCUT2D eigenvalue weighted by Gasteiger charge is 2.24. The third-order valence-electron chi connectivity index (χ3n) is 4.96. The first kappa shape index (κ1) is 23.6. The van der Waals surface area contributed by atoms with E-state index in [0.29, 0.717) is 5.75 Å². The SMILES string of the molecule is COc1ccc(N(CC(=O)N[C@@H](c2ccccc2)c2ccc(C)cc2)S(C)(=O)=O)cc1Cl. The lowest BCUT2D eigenvalue weighted by Gasteiger charge is -2.25. The molecule has 1 amide bonds. The molecule has 8 heteroatoms. The van der Waals surface area contributed by atoms with Gasteiger partial charge in [0.2, 0.25) is 15.9 Å². The van der Waals surface area contributed by atoms with E-state index >= 15 is 0 Å². The van der Waals surface area contributed by atoms with Gasteiger partial charge in [0.15, 0.2) is 0 Å². The Kier molecular flexibility index (Phi) is 7.43. The van der Waals surface area contributed by atoms with E-state index in [9.17, 15) is 13.2 Å². The first-order valence-electron chi connectivity index (χ1n) is 9.91. The summed E-state index contributed by atoms with van der Waals surface area (Å²) in [5.41, 5.74) is 3.17. The number of benzene rings is 3. The number of nitrogens with one attached hydrogen (secondary N) is 1. The zero-order chi connectivity index (χ0) is 23.3. The van der Waals surface area contributed by atoms with Crippen LogP contribution >= 0.6 is 11.6 Å². The molecule has 0 bridgehead atoms. The smallest absolute Gasteiger partial charge is 0.241 e. The maximum atomic E-state index is 13.0. The molecule has 0 aliphatic carbocycles. The molecule has 6 nitrogen and oxygen atoms in total. The second-order valence-corrected chi connectivity index (χ2v) is 9.72. The number of ether oxygens (including phenoxy) is 1. The van der Waals surface area contributed by atoms with Gasteiger partial charge in [0.25, 0.3) is 0 Å². The summed E-state index contributed by atoms with van der Waals surface area (Å²) in [5, 5.41) is 3.23. The number of hydrogen-bond donors (Lipinski definition) is 1. The lowest BCUT2D eigenvalue weighted by molar-refractivity contribution is -0.120. The summed E-state index contributed by atoms with van der Waals surface area (Å²) in [5.74, 6) is -0.0337. The highest BCUT2D eigenvalue weighted by Crippen LogP contribution is 2.30. The molecule has 1 atom stereocenters. The van der Waals surface area contributed by atoms with Crippen LogP contribution in [0, 0.1) is 6.92 Å². The Hall–Kier alpha value is -3.03. The maximum absolute atomic E-state index is 13.0. The fourth-order valence-corrected chi connectivity index (χ4v) is 4.41. The number of aryl methyl sites for hydroxylation is 1. The van der Waals surface area contributed by atoms with Crippen LogP contribution in [0.2, 0.25) is 5.02 Å². The highest BCUT2D eigenvalue weighted by atomic mass is 35.5. The van der Waals surface area contributed by atoms with Gasteiger partial charge in [0, 0.05) is 0 Å². The van der Waals surface area contributed by atoms with Crippen LogP contribution in [0.15, 0.2) is 72.8 Å². The molecule has 1 N–H and O–H groups in total. The first-order valence-corrected chi connectivity index (χ1v) is 12.1. The van der Waals surface area contributed by atoms with Crippen LogP contribution in [0.4, 0.5) is 5.69 Å². The fourth-order valence-electron chi connectivity index (χ4n) is 3.31. The number of hydrogen-bond acceptors (Lipinski definition) is 4. The van der Waals surface area contributed by atoms with Crippen molar-refractivity contribution in [3.8, 4) is 5.75 Å². The van der Waals surface area contributed by atoms with Gasteiger partial charge >= 0.3 is 0 Å². The minimum atomic E-state index is -3.75. The van der Waals surface area contributed by atoms with E-state index in [1.54, 1.807) is 12.1 Å². The molecule has 0 unspecified atom stereocenters. The van der Waals surface area contributed by atoms with Crippen LogP contribution in [0.5, 0.6) is 5.75 Å². The minimum absolute atomic E-state index is 0.251. The average molecular weight is 473 g/mol. The van der Waals surface area contributed by atoms with Crippen LogP contribution in [0.1, 0.15) is 22.7 Å². The Morgan fingerprint density at radius 1 is 1.03 bits per heavy atom. The van der Waals surface area contributed by atoms with E-state index < -0.39 is 28.5 Å². The van der Waals surface area contributed by atoms with Gasteiger partial charge in [-0.1, -0.05) is 71.8 Å². The largest absolute Gasteiger partial charge is 0.495 e. The molecule has 3 rings (SSSR count). The number of halogens is 1. The molecule has 3 aromatic carbocycles. The van der Waals surface area contributed by atoms with E-state index in [1.807, 2.05) is 61.5 Å². The molecular formula is C24H25ClN2O4S. The number of carbonyl (C=O) groups excluding carboxylic acids is 1. The van der Waals surface area contributed by atoms with Crippen molar-refractivity contribution in [3.05, 3.63) is 94.5 Å². The van der Waals surface area contributed by atoms with Gasteiger partial charge in [-0.15, -0.1) is 0 Å². The Morgan fingerprint density at radius 3 is 2.22 bits per heavy atom. The van der Waals surface area contributed by atoms with Crippen LogP contribution in [-0.4, -0.2) is 34.2 Å². The van der Waals surface area contributed by atoms with Gasteiger partial charge in [0.1, 0.15) is 12.3 Å². The van der Waals surface area contributed by atoms with Crippen LogP contribution in [-0.2, 0) is 14.8 Å². The van der Waals surface area contributed by atoms with Gasteiger partial charge in [-0.05, 0) is 36.2 Å². The standard InChI is InChI=1S/C24H25ClN2O4S/c1-17-9-11-19(12-10-17)24(18-7-5-4-6-8-18)26-23(28)16-27(32(3,29)30)20-13-14-22(31-2)21(25)15-20/h4-15,24H,16H2,1-3H3,(H,26,28)/t24-/m0/s1. The summed E-state index contributed by atoms with van der Waals surface area (Å²) in [7, 11) is -2.28. The van der Waals surface area contributed by atoms with Gasteiger partial charge < -0.3 is 10.1 Å². The summed E-state index contributed by atoms with van der Waals surface area (Å²) < 4.78 is 31.1. The number of nitrogens with zero attached hydrogens (tertiary/aromatic N) is 1. The summed E-state index contributed by atoms with van der Waals surface area (Å²) in [4.78, 5) is 13.0. The van der Waals surface area contributed by atoms with Crippen molar-refractivity contribution >= 4 is 33.2 Å². The lowest BCUT2D eigenvalue weighted by Crippen LogP contribution is -2.41. The van der Waals surface area contributed by atoms with Gasteiger partial charge in [0.05, 0.1) is 30.1 Å². The van der Waals surface area contributed by atoms with Crippen molar-refractivity contribution in [1.29, 1.82) is 0 Å². The zero-order valence-electron chi connectivity index (χ0n) is 18.1. The van der Waals surface area contributed by atoms with E-state index in [0.717, 1.165) is 27.3 Å². The Balaban J connectivity index is 1.89. The highest BCUT2D eigenvalue weighted by molar-refractivity contribution is 7.92. The van der Waals surface area contributed by atoms with Crippen molar-refractivity contribution < 1.29 is 17.9 Å². The second kappa shape index (κ2) is 10.1. The molecular weight excluding hydrogens is 448 g/mol. The summed E-state index contributed by atoms with van der Waals surface area (Å²) >= 11 is 6.17. The monoisotopic (exact) mass is 472 g/mol. The molecule has 0 saturated heterocycles.